The summed E-state index contributed by atoms with van der Waals surface area (Å²) in [4.78, 5) is 4.63. The Morgan fingerprint density at radius 1 is 1.17 bits per heavy atom. The second-order valence-corrected chi connectivity index (χ2v) is 6.62. The van der Waals surface area contributed by atoms with Crippen LogP contribution in [0.4, 0.5) is 0 Å². The van der Waals surface area contributed by atoms with Crippen molar-refractivity contribution in [2.75, 3.05) is 19.9 Å². The van der Waals surface area contributed by atoms with Gasteiger partial charge >= 0.3 is 0 Å². The number of rotatable bonds is 5. The molecule has 0 saturated carbocycles. The Morgan fingerprint density at radius 2 is 1.91 bits per heavy atom. The number of aliphatic imine (C=N–C) groups is 1. The van der Waals surface area contributed by atoms with Crippen molar-refractivity contribution in [3.8, 4) is 11.5 Å². The van der Waals surface area contributed by atoms with E-state index in [2.05, 4.69) is 43.3 Å². The summed E-state index contributed by atoms with van der Waals surface area (Å²) in [5, 5.41) is 6.66. The highest BCUT2D eigenvalue weighted by molar-refractivity contribution is 14.0. The van der Waals surface area contributed by atoms with Crippen LogP contribution in [0.2, 0.25) is 0 Å². The van der Waals surface area contributed by atoms with Crippen LogP contribution in [0.1, 0.15) is 39.7 Å². The van der Waals surface area contributed by atoms with Crippen LogP contribution in [0.15, 0.2) is 23.2 Å². The number of benzene rings is 1. The van der Waals surface area contributed by atoms with Crippen molar-refractivity contribution in [1.29, 1.82) is 0 Å². The van der Waals surface area contributed by atoms with Gasteiger partial charge in [-0.05, 0) is 36.5 Å². The summed E-state index contributed by atoms with van der Waals surface area (Å²) in [6, 6.07) is 5.95. The van der Waals surface area contributed by atoms with Crippen LogP contribution in [-0.2, 0) is 6.54 Å². The third-order valence-corrected chi connectivity index (χ3v) is 3.37. The number of nitrogens with zero attached hydrogens (tertiary/aromatic N) is 1. The van der Waals surface area contributed by atoms with E-state index in [0.717, 1.165) is 42.5 Å². The summed E-state index contributed by atoms with van der Waals surface area (Å²) >= 11 is 0. The molecule has 0 amide bonds. The Balaban J connectivity index is 0.00000264. The molecule has 130 valence electrons. The quantitative estimate of drug-likeness (QED) is 0.424. The van der Waals surface area contributed by atoms with Gasteiger partial charge in [-0.3, -0.25) is 0 Å². The van der Waals surface area contributed by atoms with Crippen molar-refractivity contribution in [3.63, 3.8) is 0 Å². The second-order valence-electron chi connectivity index (χ2n) is 6.62. The molecule has 1 heterocycles. The summed E-state index contributed by atoms with van der Waals surface area (Å²) in [7, 11) is 0. The fourth-order valence-corrected chi connectivity index (χ4v) is 2.11. The zero-order chi connectivity index (χ0) is 16.0. The van der Waals surface area contributed by atoms with Crippen LogP contribution >= 0.6 is 24.0 Å². The first-order valence-electron chi connectivity index (χ1n) is 7.88. The molecule has 0 radical (unpaired) electrons. The monoisotopic (exact) mass is 433 g/mol. The fraction of sp³-hybridized carbons (Fsp3) is 0.588. The highest BCUT2D eigenvalue weighted by atomic mass is 127. The standard InChI is InChI=1S/C17H27N3O2.HI/c1-5-18-16(19-9-8-17(2,3)4)20-11-13-6-7-14-15(10-13)22-12-21-14;/h6-7,10H,5,8-9,11-12H2,1-4H3,(H2,18,19,20);1H. The molecule has 0 spiro atoms. The Morgan fingerprint density at radius 3 is 2.61 bits per heavy atom. The van der Waals surface area contributed by atoms with E-state index in [0.29, 0.717) is 18.8 Å². The average Bonchev–Trinajstić information content (AvgIpc) is 2.91. The lowest BCUT2D eigenvalue weighted by Gasteiger charge is -2.19. The Hall–Kier alpha value is -1.18. The molecule has 1 aliphatic heterocycles. The van der Waals surface area contributed by atoms with E-state index in [4.69, 9.17) is 9.47 Å². The van der Waals surface area contributed by atoms with Gasteiger partial charge in [0, 0.05) is 13.1 Å². The molecule has 0 aliphatic carbocycles. The first-order chi connectivity index (χ1) is 10.5. The largest absolute Gasteiger partial charge is 0.454 e. The molecule has 23 heavy (non-hydrogen) atoms. The number of nitrogens with one attached hydrogen (secondary N) is 2. The van der Waals surface area contributed by atoms with Crippen LogP contribution in [0, 0.1) is 5.41 Å². The van der Waals surface area contributed by atoms with Gasteiger partial charge in [-0.2, -0.15) is 0 Å². The third kappa shape index (κ3) is 6.85. The van der Waals surface area contributed by atoms with Crippen LogP contribution in [0.25, 0.3) is 0 Å². The van der Waals surface area contributed by atoms with Crippen LogP contribution in [-0.4, -0.2) is 25.8 Å². The molecule has 0 unspecified atom stereocenters. The topological polar surface area (TPSA) is 54.9 Å². The van der Waals surface area contributed by atoms with E-state index < -0.39 is 0 Å². The summed E-state index contributed by atoms with van der Waals surface area (Å²) in [6.45, 7) is 11.5. The molecule has 2 rings (SSSR count). The van der Waals surface area contributed by atoms with Crippen molar-refractivity contribution in [3.05, 3.63) is 23.8 Å². The Bertz CT molecular complexity index is 527. The van der Waals surface area contributed by atoms with Gasteiger partial charge in [0.05, 0.1) is 6.54 Å². The first-order valence-corrected chi connectivity index (χ1v) is 7.88. The van der Waals surface area contributed by atoms with Crippen LogP contribution in [0.3, 0.4) is 0 Å². The first kappa shape index (κ1) is 19.9. The molecule has 0 saturated heterocycles. The van der Waals surface area contributed by atoms with Crippen LogP contribution in [0.5, 0.6) is 11.5 Å². The molecule has 0 aromatic heterocycles. The van der Waals surface area contributed by atoms with Gasteiger partial charge in [-0.15, -0.1) is 24.0 Å². The van der Waals surface area contributed by atoms with Gasteiger partial charge in [0.25, 0.3) is 0 Å². The van der Waals surface area contributed by atoms with E-state index in [1.165, 1.54) is 0 Å². The number of ether oxygens (including phenoxy) is 2. The number of hydrogen-bond acceptors (Lipinski definition) is 3. The van der Waals surface area contributed by atoms with Crippen molar-refractivity contribution in [1.82, 2.24) is 10.6 Å². The number of hydrogen-bond donors (Lipinski definition) is 2. The zero-order valence-corrected chi connectivity index (χ0v) is 16.8. The maximum atomic E-state index is 5.39. The maximum absolute atomic E-state index is 5.39. The fourth-order valence-electron chi connectivity index (χ4n) is 2.11. The van der Waals surface area contributed by atoms with E-state index >= 15 is 0 Å². The van der Waals surface area contributed by atoms with Crippen LogP contribution < -0.4 is 20.1 Å². The minimum atomic E-state index is 0. The van der Waals surface area contributed by atoms with Gasteiger partial charge in [-0.25, -0.2) is 4.99 Å². The predicted molar refractivity (Wildman–Crippen MR) is 105 cm³/mol. The lowest BCUT2D eigenvalue weighted by Crippen LogP contribution is -2.38. The summed E-state index contributed by atoms with van der Waals surface area (Å²) in [6.07, 6.45) is 1.10. The van der Waals surface area contributed by atoms with Crippen molar-refractivity contribution in [2.24, 2.45) is 10.4 Å². The van der Waals surface area contributed by atoms with Gasteiger partial charge < -0.3 is 20.1 Å². The van der Waals surface area contributed by atoms with Gasteiger partial charge in [0.2, 0.25) is 6.79 Å². The minimum Gasteiger partial charge on any atom is -0.454 e. The summed E-state index contributed by atoms with van der Waals surface area (Å²) in [5.41, 5.74) is 1.43. The van der Waals surface area contributed by atoms with Gasteiger partial charge in [-0.1, -0.05) is 26.8 Å². The Kier molecular flexibility index (Phi) is 7.94. The molecule has 2 N–H and O–H groups in total. The number of halogens is 1. The summed E-state index contributed by atoms with van der Waals surface area (Å²) in [5.74, 6) is 2.46. The van der Waals surface area contributed by atoms with E-state index in [9.17, 15) is 0 Å². The number of fused-ring (bicyclic) bond motifs is 1. The molecule has 0 fully saturated rings. The SMILES string of the molecule is CCNC(=NCc1ccc2c(c1)OCO2)NCCC(C)(C)C.I. The van der Waals surface area contributed by atoms with Gasteiger partial charge in [0.1, 0.15) is 0 Å². The lowest BCUT2D eigenvalue weighted by molar-refractivity contribution is 0.174. The Labute approximate surface area is 156 Å². The molecule has 6 heteroatoms. The minimum absolute atomic E-state index is 0. The predicted octanol–water partition coefficient (Wildman–Crippen LogP) is 3.52. The molecule has 1 aliphatic rings. The molecule has 1 aromatic carbocycles. The van der Waals surface area contributed by atoms with E-state index in [1.807, 2.05) is 18.2 Å². The van der Waals surface area contributed by atoms with Crippen molar-refractivity contribution >= 4 is 29.9 Å². The van der Waals surface area contributed by atoms with E-state index in [1.54, 1.807) is 0 Å². The number of guanidine groups is 1. The highest BCUT2D eigenvalue weighted by Crippen LogP contribution is 2.32. The second kappa shape index (κ2) is 9.20. The molecular formula is C17H28IN3O2. The van der Waals surface area contributed by atoms with Gasteiger partial charge in [0.15, 0.2) is 17.5 Å². The molecule has 0 atom stereocenters. The summed E-state index contributed by atoms with van der Waals surface area (Å²) < 4.78 is 10.7. The smallest absolute Gasteiger partial charge is 0.231 e. The molecule has 1 aromatic rings. The zero-order valence-electron chi connectivity index (χ0n) is 14.4. The normalized spacial score (nSPS) is 13.5. The third-order valence-electron chi connectivity index (χ3n) is 3.37. The average molecular weight is 433 g/mol. The highest BCUT2D eigenvalue weighted by Gasteiger charge is 2.13. The van der Waals surface area contributed by atoms with Crippen molar-refractivity contribution < 1.29 is 9.47 Å². The van der Waals surface area contributed by atoms with E-state index in [-0.39, 0.29) is 24.0 Å². The molecule has 0 bridgehead atoms. The molecular weight excluding hydrogens is 405 g/mol. The van der Waals surface area contributed by atoms with Crippen molar-refractivity contribution in [2.45, 2.75) is 40.7 Å². The molecule has 5 nitrogen and oxygen atoms in total. The lowest BCUT2D eigenvalue weighted by atomic mass is 9.92. The maximum Gasteiger partial charge on any atom is 0.231 e.